The molecule has 320 valence electrons. The molecule has 0 spiro atoms. The second kappa shape index (κ2) is 17.8. The van der Waals surface area contributed by atoms with Crippen molar-refractivity contribution in [1.29, 1.82) is 0 Å². The number of rotatable bonds is 10. The molecule has 68 heavy (non-hydrogen) atoms. The van der Waals surface area contributed by atoms with Gasteiger partial charge >= 0.3 is 0 Å². The van der Waals surface area contributed by atoms with Crippen LogP contribution < -0.4 is 4.90 Å². The summed E-state index contributed by atoms with van der Waals surface area (Å²) in [6.07, 6.45) is 0. The third kappa shape index (κ3) is 7.45. The molecule has 0 N–H and O–H groups in total. The Morgan fingerprint density at radius 3 is 1.38 bits per heavy atom. The van der Waals surface area contributed by atoms with Crippen molar-refractivity contribution >= 4 is 38.9 Å². The third-order valence-corrected chi connectivity index (χ3v) is 13.2. The minimum atomic E-state index is 1.07. The molecular formula is C66H46N2. The molecule has 0 aliphatic carbocycles. The van der Waals surface area contributed by atoms with Crippen molar-refractivity contribution in [2.24, 2.45) is 0 Å². The van der Waals surface area contributed by atoms with Crippen molar-refractivity contribution in [1.82, 2.24) is 4.57 Å². The van der Waals surface area contributed by atoms with Crippen LogP contribution in [0, 0.1) is 0 Å². The standard InChI is InChI=1S/C66H46N2/c1-5-22-47(23-6-1)56-34-13-14-37-61(56)66-58(49-26-9-3-10-27-49)38-21-39-59(66)52-29-20-33-55(45-52)67(63-40-17-15-35-57(63)48-24-7-2-8-25-48)54-32-19-28-50(44-54)51-42-43-65-62(46-51)60-36-16-18-41-64(60)68(65)53-30-11-4-12-31-53/h1-46H. The lowest BCUT2D eigenvalue weighted by Crippen LogP contribution is -2.11. The first-order chi connectivity index (χ1) is 33.8. The van der Waals surface area contributed by atoms with Gasteiger partial charge in [0.1, 0.15) is 0 Å². The summed E-state index contributed by atoms with van der Waals surface area (Å²) in [7, 11) is 0. The highest BCUT2D eigenvalue weighted by Gasteiger charge is 2.22. The summed E-state index contributed by atoms with van der Waals surface area (Å²) in [4.78, 5) is 2.44. The Balaban J connectivity index is 1.05. The summed E-state index contributed by atoms with van der Waals surface area (Å²) in [5, 5.41) is 2.47. The Kier molecular flexibility index (Phi) is 10.6. The minimum Gasteiger partial charge on any atom is -0.310 e. The van der Waals surface area contributed by atoms with Crippen LogP contribution in [0.2, 0.25) is 0 Å². The highest BCUT2D eigenvalue weighted by molar-refractivity contribution is 6.10. The highest BCUT2D eigenvalue weighted by atomic mass is 15.1. The van der Waals surface area contributed by atoms with Gasteiger partial charge in [-0.1, -0.05) is 218 Å². The molecular weight excluding hydrogens is 821 g/mol. The van der Waals surface area contributed by atoms with Gasteiger partial charge in [0.15, 0.2) is 0 Å². The van der Waals surface area contributed by atoms with Crippen LogP contribution in [-0.4, -0.2) is 4.57 Å². The predicted molar refractivity (Wildman–Crippen MR) is 288 cm³/mol. The molecule has 0 saturated carbocycles. The molecule has 0 aliphatic heterocycles. The lowest BCUT2D eigenvalue weighted by atomic mass is 9.84. The molecule has 1 heterocycles. The van der Waals surface area contributed by atoms with Gasteiger partial charge in [0.05, 0.1) is 16.7 Å². The van der Waals surface area contributed by atoms with E-state index in [0.29, 0.717) is 0 Å². The van der Waals surface area contributed by atoms with Crippen molar-refractivity contribution < 1.29 is 0 Å². The monoisotopic (exact) mass is 866 g/mol. The molecule has 0 fully saturated rings. The Morgan fingerprint density at radius 1 is 0.250 bits per heavy atom. The van der Waals surface area contributed by atoms with Crippen molar-refractivity contribution in [2.45, 2.75) is 0 Å². The summed E-state index contributed by atoms with van der Waals surface area (Å²) in [5.74, 6) is 0. The van der Waals surface area contributed by atoms with Gasteiger partial charge in [-0.25, -0.2) is 0 Å². The molecule has 2 nitrogen and oxygen atoms in total. The Labute approximate surface area is 397 Å². The van der Waals surface area contributed by atoms with Crippen molar-refractivity contribution in [2.75, 3.05) is 4.90 Å². The van der Waals surface area contributed by atoms with E-state index in [1.807, 2.05) is 0 Å². The van der Waals surface area contributed by atoms with Crippen LogP contribution >= 0.6 is 0 Å². The van der Waals surface area contributed by atoms with Gasteiger partial charge in [-0.2, -0.15) is 0 Å². The molecule has 2 heteroatoms. The predicted octanol–water partition coefficient (Wildman–Crippen LogP) is 18.3. The molecule has 12 aromatic rings. The van der Waals surface area contributed by atoms with Crippen LogP contribution in [0.25, 0.3) is 94.3 Å². The van der Waals surface area contributed by atoms with E-state index in [2.05, 4.69) is 289 Å². The number of hydrogen-bond donors (Lipinski definition) is 0. The molecule has 0 saturated heterocycles. The van der Waals surface area contributed by atoms with E-state index in [1.165, 1.54) is 66.3 Å². The number of para-hydroxylation sites is 3. The number of benzene rings is 11. The van der Waals surface area contributed by atoms with Gasteiger partial charge in [0, 0.05) is 33.4 Å². The molecule has 1 aromatic heterocycles. The van der Waals surface area contributed by atoms with Gasteiger partial charge in [-0.15, -0.1) is 0 Å². The maximum atomic E-state index is 2.44. The summed E-state index contributed by atoms with van der Waals surface area (Å²) in [6.45, 7) is 0. The van der Waals surface area contributed by atoms with Crippen LogP contribution in [0.3, 0.4) is 0 Å². The van der Waals surface area contributed by atoms with E-state index in [1.54, 1.807) is 0 Å². The van der Waals surface area contributed by atoms with Crippen LogP contribution in [0.5, 0.6) is 0 Å². The second-order valence-electron chi connectivity index (χ2n) is 17.2. The van der Waals surface area contributed by atoms with Crippen LogP contribution in [-0.2, 0) is 0 Å². The fraction of sp³-hybridized carbons (Fsp3) is 0. The normalized spacial score (nSPS) is 11.2. The topological polar surface area (TPSA) is 8.17 Å². The fourth-order valence-corrected chi connectivity index (χ4v) is 10.1. The quantitative estimate of drug-likeness (QED) is 0.133. The van der Waals surface area contributed by atoms with Gasteiger partial charge in [-0.05, 0) is 122 Å². The van der Waals surface area contributed by atoms with E-state index >= 15 is 0 Å². The smallest absolute Gasteiger partial charge is 0.0541 e. The Hall–Kier alpha value is -8.98. The van der Waals surface area contributed by atoms with Crippen LogP contribution in [0.4, 0.5) is 17.1 Å². The van der Waals surface area contributed by atoms with E-state index in [0.717, 1.165) is 45.0 Å². The van der Waals surface area contributed by atoms with Gasteiger partial charge in [0.25, 0.3) is 0 Å². The molecule has 0 amide bonds. The van der Waals surface area contributed by atoms with Crippen molar-refractivity contribution in [3.63, 3.8) is 0 Å². The summed E-state index contributed by atoms with van der Waals surface area (Å²) in [5.41, 5.74) is 20.9. The lowest BCUT2D eigenvalue weighted by molar-refractivity contribution is 1.18. The van der Waals surface area contributed by atoms with E-state index in [-0.39, 0.29) is 0 Å². The fourth-order valence-electron chi connectivity index (χ4n) is 10.1. The highest BCUT2D eigenvalue weighted by Crippen LogP contribution is 2.47. The number of aromatic nitrogens is 1. The maximum Gasteiger partial charge on any atom is 0.0541 e. The Morgan fingerprint density at radius 2 is 0.691 bits per heavy atom. The van der Waals surface area contributed by atoms with Gasteiger partial charge in [0.2, 0.25) is 0 Å². The van der Waals surface area contributed by atoms with Crippen molar-refractivity contribution in [3.05, 3.63) is 279 Å². The molecule has 0 atom stereocenters. The Bertz CT molecular complexity index is 3720. The molecule has 11 aromatic carbocycles. The first-order valence-corrected chi connectivity index (χ1v) is 23.3. The first-order valence-electron chi connectivity index (χ1n) is 23.3. The SMILES string of the molecule is c1ccc(-c2ccccc2-c2c(-c3ccccc3)cccc2-c2cccc(N(c3cccc(-c4ccc5c(c4)c4ccccc4n5-c4ccccc4)c3)c3ccccc3-c3ccccc3)c2)cc1. The molecule has 0 unspecified atom stereocenters. The summed E-state index contributed by atoms with van der Waals surface area (Å²) >= 11 is 0. The number of fused-ring (bicyclic) bond motifs is 3. The average Bonchev–Trinajstić information content (AvgIpc) is 3.76. The summed E-state index contributed by atoms with van der Waals surface area (Å²) < 4.78 is 2.38. The van der Waals surface area contributed by atoms with E-state index < -0.39 is 0 Å². The number of anilines is 3. The van der Waals surface area contributed by atoms with Gasteiger partial charge < -0.3 is 9.47 Å². The second-order valence-corrected chi connectivity index (χ2v) is 17.2. The van der Waals surface area contributed by atoms with Crippen LogP contribution in [0.1, 0.15) is 0 Å². The van der Waals surface area contributed by atoms with Crippen molar-refractivity contribution in [3.8, 4) is 72.4 Å². The maximum absolute atomic E-state index is 2.44. The largest absolute Gasteiger partial charge is 0.310 e. The zero-order chi connectivity index (χ0) is 45.2. The lowest BCUT2D eigenvalue weighted by Gasteiger charge is -2.29. The average molecular weight is 867 g/mol. The number of hydrogen-bond acceptors (Lipinski definition) is 1. The minimum absolute atomic E-state index is 1.07. The zero-order valence-electron chi connectivity index (χ0n) is 37.5. The molecule has 0 bridgehead atoms. The molecule has 0 aliphatic rings. The van der Waals surface area contributed by atoms with Crippen LogP contribution in [0.15, 0.2) is 279 Å². The first kappa shape index (κ1) is 40.5. The van der Waals surface area contributed by atoms with E-state index in [4.69, 9.17) is 0 Å². The molecule has 12 rings (SSSR count). The van der Waals surface area contributed by atoms with E-state index in [9.17, 15) is 0 Å². The zero-order valence-corrected chi connectivity index (χ0v) is 37.5. The van der Waals surface area contributed by atoms with Gasteiger partial charge in [-0.3, -0.25) is 0 Å². The summed E-state index contributed by atoms with van der Waals surface area (Å²) in [6, 6.07) is 101. The number of nitrogens with zero attached hydrogens (tertiary/aromatic N) is 2. The molecule has 0 radical (unpaired) electrons. The third-order valence-electron chi connectivity index (χ3n) is 13.2.